The Morgan fingerprint density at radius 3 is 2.81 bits per heavy atom. The highest BCUT2D eigenvalue weighted by Gasteiger charge is 2.26. The van der Waals surface area contributed by atoms with Crippen LogP contribution in [0.2, 0.25) is 0 Å². The highest BCUT2D eigenvalue weighted by Crippen LogP contribution is 2.38. The van der Waals surface area contributed by atoms with Crippen molar-refractivity contribution in [2.24, 2.45) is 5.92 Å². The maximum Gasteiger partial charge on any atom is 0.131 e. The Labute approximate surface area is 102 Å². The molecule has 88 valence electrons. The third kappa shape index (κ3) is 2.54. The fourth-order valence-corrected chi connectivity index (χ4v) is 2.73. The van der Waals surface area contributed by atoms with Crippen LogP contribution in [0.4, 0.5) is 0 Å². The molecule has 1 aromatic heterocycles. The molecule has 2 unspecified atom stereocenters. The second kappa shape index (κ2) is 5.13. The Morgan fingerprint density at radius 2 is 2.19 bits per heavy atom. The average Bonchev–Trinajstić information content (AvgIpc) is 2.76. The molecule has 0 radical (unpaired) electrons. The first-order chi connectivity index (χ1) is 7.72. The molecule has 3 heteroatoms. The van der Waals surface area contributed by atoms with E-state index >= 15 is 0 Å². The van der Waals surface area contributed by atoms with Gasteiger partial charge in [-0.1, -0.05) is 13.3 Å². The Hall–Kier alpha value is -0.630. The molecule has 2 rings (SSSR count). The predicted molar refractivity (Wildman–Crippen MR) is 66.7 cm³/mol. The van der Waals surface area contributed by atoms with Gasteiger partial charge in [-0.15, -0.1) is 11.6 Å². The van der Waals surface area contributed by atoms with Crippen molar-refractivity contribution in [2.75, 3.05) is 0 Å². The zero-order valence-corrected chi connectivity index (χ0v) is 10.8. The molecular weight excluding hydrogens is 220 g/mol. The molecular formula is C13H19ClN2. The van der Waals surface area contributed by atoms with Gasteiger partial charge >= 0.3 is 0 Å². The second-order valence-electron chi connectivity index (χ2n) is 4.78. The van der Waals surface area contributed by atoms with E-state index < -0.39 is 0 Å². The summed E-state index contributed by atoms with van der Waals surface area (Å²) in [6.07, 6.45) is 5.10. The molecule has 0 N–H and O–H groups in total. The van der Waals surface area contributed by atoms with Gasteiger partial charge < -0.3 is 0 Å². The molecule has 0 bridgehead atoms. The third-order valence-electron chi connectivity index (χ3n) is 3.55. The molecule has 0 saturated heterocycles. The van der Waals surface area contributed by atoms with E-state index in [9.17, 15) is 0 Å². The minimum Gasteiger partial charge on any atom is -0.238 e. The van der Waals surface area contributed by atoms with Gasteiger partial charge in [0.25, 0.3) is 0 Å². The van der Waals surface area contributed by atoms with Gasteiger partial charge in [0.05, 0.1) is 11.6 Å². The lowest BCUT2D eigenvalue weighted by molar-refractivity contribution is 0.516. The molecule has 16 heavy (non-hydrogen) atoms. The SMILES string of the molecule is CCC1CCC(c2nc(C)cc(CCl)n2)C1. The highest BCUT2D eigenvalue weighted by atomic mass is 35.5. The fraction of sp³-hybridized carbons (Fsp3) is 0.692. The van der Waals surface area contributed by atoms with Gasteiger partial charge in [-0.3, -0.25) is 0 Å². The van der Waals surface area contributed by atoms with Gasteiger partial charge in [0.2, 0.25) is 0 Å². The van der Waals surface area contributed by atoms with Crippen molar-refractivity contribution in [2.45, 2.75) is 51.3 Å². The quantitative estimate of drug-likeness (QED) is 0.749. The summed E-state index contributed by atoms with van der Waals surface area (Å²) in [6, 6.07) is 1.97. The zero-order chi connectivity index (χ0) is 11.5. The van der Waals surface area contributed by atoms with Crippen molar-refractivity contribution >= 4 is 11.6 Å². The molecule has 1 aromatic rings. The highest BCUT2D eigenvalue weighted by molar-refractivity contribution is 6.16. The Morgan fingerprint density at radius 1 is 1.38 bits per heavy atom. The van der Waals surface area contributed by atoms with Gasteiger partial charge in [0.1, 0.15) is 5.82 Å². The predicted octanol–water partition coefficient (Wildman–Crippen LogP) is 3.82. The van der Waals surface area contributed by atoms with Crippen molar-refractivity contribution < 1.29 is 0 Å². The summed E-state index contributed by atoms with van der Waals surface area (Å²) in [6.45, 7) is 4.29. The van der Waals surface area contributed by atoms with Crippen LogP contribution in [0.15, 0.2) is 6.07 Å². The van der Waals surface area contributed by atoms with Crippen LogP contribution in [0, 0.1) is 12.8 Å². The van der Waals surface area contributed by atoms with Crippen LogP contribution in [0.1, 0.15) is 55.7 Å². The van der Waals surface area contributed by atoms with Crippen LogP contribution in [0.3, 0.4) is 0 Å². The van der Waals surface area contributed by atoms with E-state index in [0.717, 1.165) is 23.1 Å². The molecule has 0 aliphatic heterocycles. The topological polar surface area (TPSA) is 25.8 Å². The molecule has 0 spiro atoms. The van der Waals surface area contributed by atoms with Crippen LogP contribution < -0.4 is 0 Å². The number of rotatable bonds is 3. The number of halogens is 1. The number of hydrogen-bond acceptors (Lipinski definition) is 2. The van der Waals surface area contributed by atoms with Gasteiger partial charge in [-0.05, 0) is 38.2 Å². The van der Waals surface area contributed by atoms with Gasteiger partial charge in [-0.2, -0.15) is 0 Å². The molecule has 1 aliphatic carbocycles. The molecule has 1 fully saturated rings. The summed E-state index contributed by atoms with van der Waals surface area (Å²) in [5.74, 6) is 2.94. The van der Waals surface area contributed by atoms with Crippen LogP contribution >= 0.6 is 11.6 Å². The molecule has 2 nitrogen and oxygen atoms in total. The van der Waals surface area contributed by atoms with E-state index in [4.69, 9.17) is 11.6 Å². The van der Waals surface area contributed by atoms with E-state index in [2.05, 4.69) is 16.9 Å². The lowest BCUT2D eigenvalue weighted by atomic mass is 10.0. The van der Waals surface area contributed by atoms with Crippen molar-refractivity contribution in [3.05, 3.63) is 23.3 Å². The van der Waals surface area contributed by atoms with Crippen molar-refractivity contribution in [3.63, 3.8) is 0 Å². The van der Waals surface area contributed by atoms with E-state index in [-0.39, 0.29) is 0 Å². The van der Waals surface area contributed by atoms with E-state index in [1.54, 1.807) is 0 Å². The molecule has 1 aliphatic rings. The smallest absolute Gasteiger partial charge is 0.131 e. The van der Waals surface area contributed by atoms with Gasteiger partial charge in [0.15, 0.2) is 0 Å². The third-order valence-corrected chi connectivity index (χ3v) is 3.82. The van der Waals surface area contributed by atoms with Gasteiger partial charge in [-0.25, -0.2) is 9.97 Å². The number of aryl methyl sites for hydroxylation is 1. The van der Waals surface area contributed by atoms with Crippen LogP contribution in [-0.4, -0.2) is 9.97 Å². The number of hydrogen-bond donors (Lipinski definition) is 0. The van der Waals surface area contributed by atoms with Crippen molar-refractivity contribution in [1.29, 1.82) is 0 Å². The lowest BCUT2D eigenvalue weighted by Crippen LogP contribution is -2.05. The fourth-order valence-electron chi connectivity index (χ4n) is 2.59. The monoisotopic (exact) mass is 238 g/mol. The van der Waals surface area contributed by atoms with E-state index in [1.165, 1.54) is 25.7 Å². The second-order valence-corrected chi connectivity index (χ2v) is 5.04. The molecule has 1 saturated carbocycles. The largest absolute Gasteiger partial charge is 0.238 e. The van der Waals surface area contributed by atoms with Crippen molar-refractivity contribution in [3.8, 4) is 0 Å². The first-order valence-electron chi connectivity index (χ1n) is 6.13. The Balaban J connectivity index is 2.17. The summed E-state index contributed by atoms with van der Waals surface area (Å²) in [7, 11) is 0. The maximum absolute atomic E-state index is 5.84. The summed E-state index contributed by atoms with van der Waals surface area (Å²) < 4.78 is 0. The standard InChI is InChI=1S/C13H19ClN2/c1-3-10-4-5-11(7-10)13-15-9(2)6-12(8-14)16-13/h6,10-11H,3-5,7-8H2,1-2H3. The Kier molecular flexibility index (Phi) is 3.80. The summed E-state index contributed by atoms with van der Waals surface area (Å²) in [5.41, 5.74) is 2.00. The normalized spacial score (nSPS) is 24.9. The van der Waals surface area contributed by atoms with E-state index in [1.807, 2.05) is 13.0 Å². The lowest BCUT2D eigenvalue weighted by Gasteiger charge is -2.10. The Bertz CT molecular complexity index is 365. The first kappa shape index (κ1) is 11.8. The number of alkyl halides is 1. The van der Waals surface area contributed by atoms with Crippen LogP contribution in [-0.2, 0) is 5.88 Å². The summed E-state index contributed by atoms with van der Waals surface area (Å²) in [5, 5.41) is 0. The van der Waals surface area contributed by atoms with Crippen molar-refractivity contribution in [1.82, 2.24) is 9.97 Å². The minimum atomic E-state index is 0.486. The summed E-state index contributed by atoms with van der Waals surface area (Å²) in [4.78, 5) is 9.12. The summed E-state index contributed by atoms with van der Waals surface area (Å²) >= 11 is 5.84. The average molecular weight is 239 g/mol. The van der Waals surface area contributed by atoms with Crippen LogP contribution in [0.25, 0.3) is 0 Å². The van der Waals surface area contributed by atoms with E-state index in [0.29, 0.717) is 11.8 Å². The maximum atomic E-state index is 5.84. The number of aromatic nitrogens is 2. The van der Waals surface area contributed by atoms with Gasteiger partial charge in [0, 0.05) is 11.6 Å². The van der Waals surface area contributed by atoms with Crippen LogP contribution in [0.5, 0.6) is 0 Å². The molecule has 0 amide bonds. The minimum absolute atomic E-state index is 0.486. The zero-order valence-electron chi connectivity index (χ0n) is 10.0. The molecule has 1 heterocycles. The number of nitrogens with zero attached hydrogens (tertiary/aromatic N) is 2. The first-order valence-corrected chi connectivity index (χ1v) is 6.66. The molecule has 2 atom stereocenters. The molecule has 0 aromatic carbocycles.